The number of benzene rings is 1. The van der Waals surface area contributed by atoms with Gasteiger partial charge in [0.25, 0.3) is 0 Å². The summed E-state index contributed by atoms with van der Waals surface area (Å²) in [6.45, 7) is 4.19. The van der Waals surface area contributed by atoms with Crippen LogP contribution in [0.2, 0.25) is 5.02 Å². The minimum Gasteiger partial charge on any atom is -0.454 e. The Kier molecular flexibility index (Phi) is 3.51. The van der Waals surface area contributed by atoms with Gasteiger partial charge in [-0.15, -0.1) is 5.10 Å². The van der Waals surface area contributed by atoms with Crippen LogP contribution in [0.4, 0.5) is 0 Å². The predicted octanol–water partition coefficient (Wildman–Crippen LogP) is 3.13. The Bertz CT molecular complexity index is 942. The molecule has 1 aromatic carbocycles. The minimum atomic E-state index is -0.494. The Balaban J connectivity index is 1.97. The third kappa shape index (κ3) is 2.29. The summed E-state index contributed by atoms with van der Waals surface area (Å²) in [6, 6.07) is 5.62. The van der Waals surface area contributed by atoms with Crippen LogP contribution in [-0.2, 0) is 0 Å². The number of hydrogen-bond acceptors (Lipinski definition) is 6. The van der Waals surface area contributed by atoms with Gasteiger partial charge in [0, 0.05) is 16.8 Å². The van der Waals surface area contributed by atoms with Gasteiger partial charge in [-0.25, -0.2) is 0 Å². The number of allylic oxidation sites excluding steroid dienone is 1. The molecule has 0 saturated carbocycles. The second kappa shape index (κ2) is 5.60. The molecule has 0 radical (unpaired) electrons. The van der Waals surface area contributed by atoms with E-state index >= 15 is 0 Å². The summed E-state index contributed by atoms with van der Waals surface area (Å²) in [5, 5.41) is 17.3. The van der Waals surface area contributed by atoms with Crippen LogP contribution >= 0.6 is 11.6 Å². The normalized spacial score (nSPS) is 18.1. The molecule has 0 spiro atoms. The van der Waals surface area contributed by atoms with Gasteiger partial charge in [0.15, 0.2) is 11.5 Å². The number of nitrogens with zero attached hydrogens (tertiary/aromatic N) is 2. The van der Waals surface area contributed by atoms with E-state index in [0.717, 1.165) is 11.3 Å². The number of H-pyrrole nitrogens is 1. The van der Waals surface area contributed by atoms with Crippen molar-refractivity contribution < 1.29 is 14.2 Å². The van der Waals surface area contributed by atoms with E-state index in [1.807, 2.05) is 13.8 Å². The number of nitriles is 1. The van der Waals surface area contributed by atoms with Gasteiger partial charge in [0.05, 0.1) is 11.5 Å². The molecule has 0 saturated heterocycles. The predicted molar refractivity (Wildman–Crippen MR) is 89.5 cm³/mol. The molecule has 128 valence electrons. The topological polar surface area (TPSA) is 106 Å². The van der Waals surface area contributed by atoms with Crippen LogP contribution in [0.1, 0.15) is 42.5 Å². The molecule has 8 heteroatoms. The average molecular weight is 359 g/mol. The molecule has 7 nitrogen and oxygen atoms in total. The van der Waals surface area contributed by atoms with E-state index in [2.05, 4.69) is 16.3 Å². The zero-order valence-corrected chi connectivity index (χ0v) is 14.3. The fraction of sp³-hybridized carbons (Fsp3) is 0.294. The molecule has 4 rings (SSSR count). The number of nitrogens with one attached hydrogen (secondary N) is 1. The molecule has 0 aliphatic carbocycles. The van der Waals surface area contributed by atoms with Gasteiger partial charge >= 0.3 is 0 Å². The van der Waals surface area contributed by atoms with E-state index in [9.17, 15) is 5.26 Å². The van der Waals surface area contributed by atoms with Crippen molar-refractivity contribution in [3.63, 3.8) is 0 Å². The van der Waals surface area contributed by atoms with E-state index in [-0.39, 0.29) is 24.2 Å². The van der Waals surface area contributed by atoms with E-state index in [0.29, 0.717) is 28.0 Å². The molecule has 0 unspecified atom stereocenters. The maximum atomic E-state index is 9.67. The highest BCUT2D eigenvalue weighted by Crippen LogP contribution is 2.49. The van der Waals surface area contributed by atoms with Crippen molar-refractivity contribution in [1.29, 1.82) is 5.26 Å². The maximum Gasteiger partial charge on any atom is 0.244 e. The summed E-state index contributed by atoms with van der Waals surface area (Å²) >= 11 is 6.50. The highest BCUT2D eigenvalue weighted by molar-refractivity contribution is 6.31. The molecule has 2 aliphatic rings. The minimum absolute atomic E-state index is 0.0236. The van der Waals surface area contributed by atoms with Crippen molar-refractivity contribution in [2.24, 2.45) is 5.73 Å². The van der Waals surface area contributed by atoms with Crippen LogP contribution in [0.3, 0.4) is 0 Å². The van der Waals surface area contributed by atoms with Gasteiger partial charge in [-0.1, -0.05) is 25.4 Å². The first-order valence-electron chi connectivity index (χ1n) is 7.76. The molecule has 25 heavy (non-hydrogen) atoms. The SMILES string of the molecule is CC(C)c1[nH]nc2c1[C@H](c1cc3c(cc1Cl)OCO3)C(C#N)=C(N)O2. The van der Waals surface area contributed by atoms with E-state index in [1.165, 1.54) is 0 Å². The lowest BCUT2D eigenvalue weighted by molar-refractivity contribution is 0.174. The first-order valence-corrected chi connectivity index (χ1v) is 8.13. The molecule has 1 atom stereocenters. The summed E-state index contributed by atoms with van der Waals surface area (Å²) in [5.74, 6) is 1.20. The van der Waals surface area contributed by atoms with Crippen LogP contribution in [0.5, 0.6) is 17.4 Å². The van der Waals surface area contributed by atoms with Crippen molar-refractivity contribution in [2.45, 2.75) is 25.7 Å². The zero-order chi connectivity index (χ0) is 17.7. The largest absolute Gasteiger partial charge is 0.454 e. The van der Waals surface area contributed by atoms with Crippen molar-refractivity contribution >= 4 is 11.6 Å². The maximum absolute atomic E-state index is 9.67. The number of aromatic amines is 1. The summed E-state index contributed by atoms with van der Waals surface area (Å²) in [7, 11) is 0. The molecule has 0 fully saturated rings. The number of rotatable bonds is 2. The third-order valence-electron chi connectivity index (χ3n) is 4.35. The molecule has 2 aromatic rings. The first kappa shape index (κ1) is 15.7. The third-order valence-corrected chi connectivity index (χ3v) is 4.68. The lowest BCUT2D eigenvalue weighted by Gasteiger charge is -2.25. The Morgan fingerprint density at radius 2 is 2.08 bits per heavy atom. The van der Waals surface area contributed by atoms with Crippen LogP contribution < -0.4 is 19.9 Å². The van der Waals surface area contributed by atoms with Gasteiger partial charge < -0.3 is 19.9 Å². The van der Waals surface area contributed by atoms with Crippen molar-refractivity contribution in [3.8, 4) is 23.4 Å². The van der Waals surface area contributed by atoms with Crippen LogP contribution in [0.25, 0.3) is 0 Å². The summed E-state index contributed by atoms with van der Waals surface area (Å²) in [6.07, 6.45) is 0. The highest BCUT2D eigenvalue weighted by atomic mass is 35.5. The number of halogens is 1. The van der Waals surface area contributed by atoms with E-state index in [1.54, 1.807) is 12.1 Å². The standard InChI is InChI=1S/C17H15ClN4O3/c1-7(2)15-14-13(9(5-19)16(20)25-17(14)22-21-15)8-3-11-12(4-10(8)18)24-6-23-11/h3-4,7,13H,6,20H2,1-2H3,(H,21,22)/t13-/m1/s1. The first-order chi connectivity index (χ1) is 12.0. The Hall–Kier alpha value is -2.85. The van der Waals surface area contributed by atoms with Gasteiger partial charge in [-0.05, 0) is 17.5 Å². The number of hydrogen-bond donors (Lipinski definition) is 2. The Morgan fingerprint density at radius 3 is 2.76 bits per heavy atom. The quantitative estimate of drug-likeness (QED) is 0.854. The highest BCUT2D eigenvalue weighted by Gasteiger charge is 2.37. The Morgan fingerprint density at radius 1 is 1.36 bits per heavy atom. The Labute approximate surface area is 148 Å². The van der Waals surface area contributed by atoms with E-state index < -0.39 is 5.92 Å². The van der Waals surface area contributed by atoms with Gasteiger partial charge in [0.2, 0.25) is 18.6 Å². The molecule has 3 heterocycles. The fourth-order valence-corrected chi connectivity index (χ4v) is 3.44. The zero-order valence-electron chi connectivity index (χ0n) is 13.6. The van der Waals surface area contributed by atoms with Crippen LogP contribution in [-0.4, -0.2) is 17.0 Å². The lowest BCUT2D eigenvalue weighted by Crippen LogP contribution is -2.21. The van der Waals surface area contributed by atoms with Gasteiger partial charge in [-0.2, -0.15) is 5.26 Å². The summed E-state index contributed by atoms with van der Waals surface area (Å²) < 4.78 is 16.4. The van der Waals surface area contributed by atoms with Crippen LogP contribution in [0, 0.1) is 11.3 Å². The molecule has 1 aromatic heterocycles. The van der Waals surface area contributed by atoms with Crippen molar-refractivity contribution in [3.05, 3.63) is 45.4 Å². The number of aromatic nitrogens is 2. The fourth-order valence-electron chi connectivity index (χ4n) is 3.17. The number of nitrogens with two attached hydrogens (primary N) is 1. The molecule has 2 aliphatic heterocycles. The molecule has 3 N–H and O–H groups in total. The average Bonchev–Trinajstić information content (AvgIpc) is 3.18. The molecular weight excluding hydrogens is 344 g/mol. The number of fused-ring (bicyclic) bond motifs is 2. The smallest absolute Gasteiger partial charge is 0.244 e. The van der Waals surface area contributed by atoms with Gasteiger partial charge in [0.1, 0.15) is 11.6 Å². The molecule has 0 amide bonds. The van der Waals surface area contributed by atoms with Crippen LogP contribution in [0.15, 0.2) is 23.6 Å². The molecule has 0 bridgehead atoms. The second-order valence-corrected chi connectivity index (χ2v) is 6.57. The summed E-state index contributed by atoms with van der Waals surface area (Å²) in [4.78, 5) is 0. The van der Waals surface area contributed by atoms with E-state index in [4.69, 9.17) is 31.5 Å². The second-order valence-electron chi connectivity index (χ2n) is 6.16. The monoisotopic (exact) mass is 358 g/mol. The molecular formula is C17H15ClN4O3. The lowest BCUT2D eigenvalue weighted by atomic mass is 9.82. The van der Waals surface area contributed by atoms with Gasteiger partial charge in [-0.3, -0.25) is 5.10 Å². The number of ether oxygens (including phenoxy) is 3. The van der Waals surface area contributed by atoms with Crippen molar-refractivity contribution in [1.82, 2.24) is 10.2 Å². The van der Waals surface area contributed by atoms with Crippen molar-refractivity contribution in [2.75, 3.05) is 6.79 Å². The summed E-state index contributed by atoms with van der Waals surface area (Å²) in [5.41, 5.74) is 8.58.